The van der Waals surface area contributed by atoms with E-state index in [0.29, 0.717) is 17.5 Å². The molecule has 1 fully saturated rings. The van der Waals surface area contributed by atoms with Crippen molar-refractivity contribution in [1.82, 2.24) is 4.98 Å². The Morgan fingerprint density at radius 2 is 2.00 bits per heavy atom. The quantitative estimate of drug-likeness (QED) is 0.848. The minimum Gasteiger partial charge on any atom is -0.327 e. The lowest BCUT2D eigenvalue weighted by atomic mass is 10.00. The van der Waals surface area contributed by atoms with Crippen LogP contribution in [0.1, 0.15) is 36.1 Å². The maximum Gasteiger partial charge on any atom is 0.226 e. The van der Waals surface area contributed by atoms with Crippen molar-refractivity contribution in [2.45, 2.75) is 45.6 Å². The van der Waals surface area contributed by atoms with Crippen LogP contribution in [0.15, 0.2) is 24.3 Å². The number of rotatable bonds is 4. The number of anilines is 1. The summed E-state index contributed by atoms with van der Waals surface area (Å²) >= 11 is 1.53. The van der Waals surface area contributed by atoms with Crippen LogP contribution in [0.5, 0.6) is 0 Å². The molecule has 130 valence electrons. The molecule has 0 unspecified atom stereocenters. The van der Waals surface area contributed by atoms with Crippen LogP contribution in [0.2, 0.25) is 0 Å². The molecule has 3 N–H and O–H groups in total. The van der Waals surface area contributed by atoms with Crippen molar-refractivity contribution in [1.29, 1.82) is 0 Å². The van der Waals surface area contributed by atoms with Crippen molar-refractivity contribution in [2.75, 3.05) is 5.32 Å². The number of thiazole rings is 1. The van der Waals surface area contributed by atoms with Gasteiger partial charge in [0.2, 0.25) is 5.91 Å². The summed E-state index contributed by atoms with van der Waals surface area (Å²) in [5.41, 5.74) is 9.30. The Labute approximate surface area is 153 Å². The molecule has 3 rings (SSSR count). The summed E-state index contributed by atoms with van der Waals surface area (Å²) in [5.74, 6) is 0.337. The molecule has 0 radical (unpaired) electrons. The molecule has 1 saturated carbocycles. The fraction of sp³-hybridized carbons (Fsp3) is 0.444. The normalized spacial score (nSPS) is 19.8. The highest BCUT2D eigenvalue weighted by atomic mass is 35.5. The molecule has 1 aliphatic rings. The lowest BCUT2D eigenvalue weighted by Crippen LogP contribution is -2.28. The van der Waals surface area contributed by atoms with Gasteiger partial charge < -0.3 is 11.1 Å². The van der Waals surface area contributed by atoms with Crippen LogP contribution < -0.4 is 11.1 Å². The lowest BCUT2D eigenvalue weighted by molar-refractivity contribution is -0.117. The first-order valence-corrected chi connectivity index (χ1v) is 8.94. The molecule has 2 aromatic rings. The van der Waals surface area contributed by atoms with E-state index in [-0.39, 0.29) is 24.4 Å². The second-order valence-electron chi connectivity index (χ2n) is 6.40. The van der Waals surface area contributed by atoms with Gasteiger partial charge in [-0.3, -0.25) is 4.79 Å². The molecule has 1 aromatic heterocycles. The molecule has 0 spiro atoms. The summed E-state index contributed by atoms with van der Waals surface area (Å²) in [6.45, 7) is 4.10. The third-order valence-corrected chi connectivity index (χ3v) is 5.42. The van der Waals surface area contributed by atoms with Crippen LogP contribution in [-0.2, 0) is 4.79 Å². The molecule has 1 heterocycles. The van der Waals surface area contributed by atoms with Crippen LogP contribution in [0.3, 0.4) is 0 Å². The maximum atomic E-state index is 12.2. The van der Waals surface area contributed by atoms with Gasteiger partial charge in [-0.25, -0.2) is 4.98 Å². The van der Waals surface area contributed by atoms with Gasteiger partial charge >= 0.3 is 0 Å². The third-order valence-electron chi connectivity index (χ3n) is 4.53. The topological polar surface area (TPSA) is 68.0 Å². The number of benzene rings is 1. The summed E-state index contributed by atoms with van der Waals surface area (Å²) in [6.07, 6.45) is 3.72. The highest BCUT2D eigenvalue weighted by Crippen LogP contribution is 2.31. The maximum absolute atomic E-state index is 12.2. The van der Waals surface area contributed by atoms with Crippen LogP contribution >= 0.6 is 23.7 Å². The van der Waals surface area contributed by atoms with Gasteiger partial charge in [0.15, 0.2) is 5.13 Å². The SMILES string of the molecule is Cc1ccc(-c2nc(NC(=O)C[C@@H]3CCC[C@H]3N)sc2C)cc1.Cl. The number of carbonyl (C=O) groups excluding carboxylic acids is 1. The van der Waals surface area contributed by atoms with Crippen molar-refractivity contribution in [3.05, 3.63) is 34.7 Å². The van der Waals surface area contributed by atoms with Crippen molar-refractivity contribution in [3.63, 3.8) is 0 Å². The minimum absolute atomic E-state index is 0. The average molecular weight is 366 g/mol. The van der Waals surface area contributed by atoms with Gasteiger partial charge in [-0.1, -0.05) is 36.2 Å². The molecule has 4 nitrogen and oxygen atoms in total. The number of aryl methyl sites for hydroxylation is 2. The number of amides is 1. The zero-order valence-electron chi connectivity index (χ0n) is 14.0. The number of nitrogens with one attached hydrogen (secondary N) is 1. The van der Waals surface area contributed by atoms with Gasteiger partial charge in [0.25, 0.3) is 0 Å². The Kier molecular flexibility index (Phi) is 6.38. The summed E-state index contributed by atoms with van der Waals surface area (Å²) in [6, 6.07) is 8.46. The van der Waals surface area contributed by atoms with Gasteiger partial charge in [-0.15, -0.1) is 23.7 Å². The number of carbonyl (C=O) groups is 1. The fourth-order valence-corrected chi connectivity index (χ4v) is 4.01. The number of halogens is 1. The molecule has 24 heavy (non-hydrogen) atoms. The Morgan fingerprint density at radius 1 is 1.29 bits per heavy atom. The molecular weight excluding hydrogens is 342 g/mol. The van der Waals surface area contributed by atoms with E-state index in [9.17, 15) is 4.79 Å². The highest BCUT2D eigenvalue weighted by molar-refractivity contribution is 7.16. The van der Waals surface area contributed by atoms with Crippen LogP contribution in [0.25, 0.3) is 11.3 Å². The van der Waals surface area contributed by atoms with Gasteiger partial charge in [-0.2, -0.15) is 0 Å². The van der Waals surface area contributed by atoms with Gasteiger partial charge in [0.05, 0.1) is 5.69 Å². The molecule has 1 amide bonds. The molecular formula is C18H24ClN3OS. The second-order valence-corrected chi connectivity index (χ2v) is 7.60. The van der Waals surface area contributed by atoms with Crippen molar-refractivity contribution < 1.29 is 4.79 Å². The molecule has 0 aliphatic heterocycles. The summed E-state index contributed by atoms with van der Waals surface area (Å²) in [7, 11) is 0. The fourth-order valence-electron chi connectivity index (χ4n) is 3.16. The third kappa shape index (κ3) is 4.35. The van der Waals surface area contributed by atoms with E-state index in [1.54, 1.807) is 0 Å². The Balaban J connectivity index is 0.00000208. The van der Waals surface area contributed by atoms with Gasteiger partial charge in [0.1, 0.15) is 0 Å². The van der Waals surface area contributed by atoms with E-state index >= 15 is 0 Å². The number of nitrogens with two attached hydrogens (primary N) is 1. The summed E-state index contributed by atoms with van der Waals surface area (Å²) in [5, 5.41) is 3.62. The Bertz CT molecular complexity index is 699. The first kappa shape index (κ1) is 18.9. The van der Waals surface area contributed by atoms with E-state index in [0.717, 1.165) is 35.4 Å². The Morgan fingerprint density at radius 3 is 2.62 bits per heavy atom. The molecule has 2 atom stereocenters. The zero-order chi connectivity index (χ0) is 16.4. The average Bonchev–Trinajstić information content (AvgIpc) is 3.06. The van der Waals surface area contributed by atoms with Crippen molar-refractivity contribution in [3.8, 4) is 11.3 Å². The molecule has 6 heteroatoms. The van der Waals surface area contributed by atoms with Gasteiger partial charge in [-0.05, 0) is 32.6 Å². The van der Waals surface area contributed by atoms with E-state index < -0.39 is 0 Å². The first-order chi connectivity index (χ1) is 11.0. The predicted octanol–water partition coefficient (Wildman–Crippen LogP) is 4.30. The van der Waals surface area contributed by atoms with Crippen molar-refractivity contribution in [2.24, 2.45) is 11.7 Å². The smallest absolute Gasteiger partial charge is 0.226 e. The molecule has 1 aromatic carbocycles. The van der Waals surface area contributed by atoms with Crippen LogP contribution in [0.4, 0.5) is 5.13 Å². The second kappa shape index (κ2) is 8.10. The number of nitrogens with zero attached hydrogens (tertiary/aromatic N) is 1. The van der Waals surface area contributed by atoms with Gasteiger partial charge in [0, 0.05) is 22.9 Å². The zero-order valence-corrected chi connectivity index (χ0v) is 15.7. The molecule has 0 saturated heterocycles. The van der Waals surface area contributed by atoms with E-state index in [2.05, 4.69) is 41.5 Å². The number of hydrogen-bond donors (Lipinski definition) is 2. The first-order valence-electron chi connectivity index (χ1n) is 8.13. The predicted molar refractivity (Wildman–Crippen MR) is 103 cm³/mol. The Hall–Kier alpha value is -1.43. The largest absolute Gasteiger partial charge is 0.327 e. The molecule has 0 bridgehead atoms. The number of aromatic nitrogens is 1. The summed E-state index contributed by atoms with van der Waals surface area (Å²) < 4.78 is 0. The van der Waals surface area contributed by atoms with E-state index in [1.807, 2.05) is 6.92 Å². The summed E-state index contributed by atoms with van der Waals surface area (Å²) in [4.78, 5) is 17.9. The van der Waals surface area contributed by atoms with Crippen molar-refractivity contribution >= 4 is 34.8 Å². The van der Waals surface area contributed by atoms with E-state index in [4.69, 9.17) is 5.73 Å². The number of hydrogen-bond acceptors (Lipinski definition) is 4. The highest BCUT2D eigenvalue weighted by Gasteiger charge is 2.26. The minimum atomic E-state index is 0. The standard InChI is InChI=1S/C18H23N3OS.ClH/c1-11-6-8-13(9-7-11)17-12(2)23-18(21-17)20-16(22)10-14-4-3-5-15(14)19;/h6-9,14-15H,3-5,10,19H2,1-2H3,(H,20,21,22);1H/t14-,15+;/m0./s1. The van der Waals surface area contributed by atoms with Crippen LogP contribution in [0, 0.1) is 19.8 Å². The van der Waals surface area contributed by atoms with E-state index in [1.165, 1.54) is 16.9 Å². The monoisotopic (exact) mass is 365 g/mol. The van der Waals surface area contributed by atoms with Crippen LogP contribution in [-0.4, -0.2) is 16.9 Å². The lowest BCUT2D eigenvalue weighted by Gasteiger charge is -2.13. The molecule has 1 aliphatic carbocycles.